The Balaban J connectivity index is 2.03. The third-order valence-corrected chi connectivity index (χ3v) is 2.09. The third-order valence-electron chi connectivity index (χ3n) is 2.09. The van der Waals surface area contributed by atoms with Crippen molar-refractivity contribution in [2.24, 2.45) is 0 Å². The lowest BCUT2D eigenvalue weighted by Crippen LogP contribution is -2.19. The Morgan fingerprint density at radius 3 is 2.63 bits per heavy atom. The maximum absolute atomic E-state index is 12.9. The van der Waals surface area contributed by atoms with Crippen molar-refractivity contribution in [3.8, 4) is 6.07 Å². The number of amides is 1. The second kappa shape index (κ2) is 5.22. The van der Waals surface area contributed by atoms with E-state index in [1.807, 2.05) is 0 Å². The molecule has 1 N–H and O–H groups in total. The van der Waals surface area contributed by atoms with Gasteiger partial charge in [-0.25, -0.2) is 18.4 Å². The normalized spacial score (nSPS) is 9.95. The fourth-order valence-corrected chi connectivity index (χ4v) is 1.40. The van der Waals surface area contributed by atoms with Gasteiger partial charge >= 0.3 is 0 Å². The first-order chi connectivity index (χ1) is 9.06. The molecule has 0 saturated heterocycles. The minimum Gasteiger partial charge on any atom is -0.324 e. The average Bonchev–Trinajstić information content (AvgIpc) is 2.74. The van der Waals surface area contributed by atoms with Gasteiger partial charge in [-0.1, -0.05) is 0 Å². The summed E-state index contributed by atoms with van der Waals surface area (Å²) in [6.45, 7) is -0.215. The Morgan fingerprint density at radius 2 is 2.05 bits per heavy atom. The van der Waals surface area contributed by atoms with Crippen LogP contribution in [0.5, 0.6) is 0 Å². The van der Waals surface area contributed by atoms with E-state index in [0.29, 0.717) is 6.07 Å². The summed E-state index contributed by atoms with van der Waals surface area (Å²) < 4.78 is 26.9. The molecule has 2 rings (SSSR count). The monoisotopic (exact) mass is 263 g/mol. The number of anilines is 1. The van der Waals surface area contributed by atoms with Gasteiger partial charge in [-0.05, 0) is 12.1 Å². The van der Waals surface area contributed by atoms with Crippen LogP contribution in [0.3, 0.4) is 0 Å². The van der Waals surface area contributed by atoms with Gasteiger partial charge in [0.2, 0.25) is 5.91 Å². The van der Waals surface area contributed by atoms with E-state index in [0.717, 1.165) is 16.8 Å². The number of halogens is 2. The fourth-order valence-electron chi connectivity index (χ4n) is 1.40. The number of aromatic nitrogens is 3. The van der Waals surface area contributed by atoms with Gasteiger partial charge in [0.15, 0.2) is 0 Å². The second-order valence-electron chi connectivity index (χ2n) is 3.58. The van der Waals surface area contributed by atoms with Crippen LogP contribution in [-0.4, -0.2) is 20.7 Å². The van der Waals surface area contributed by atoms with E-state index in [-0.39, 0.29) is 18.1 Å². The smallest absolute Gasteiger partial charge is 0.252 e. The zero-order chi connectivity index (χ0) is 13.8. The molecule has 2 aromatic rings. The maximum Gasteiger partial charge on any atom is 0.252 e. The number of nitrogens with one attached hydrogen (secondary N) is 1. The van der Waals surface area contributed by atoms with Gasteiger partial charge in [0, 0.05) is 11.8 Å². The Labute approximate surface area is 106 Å². The summed E-state index contributed by atoms with van der Waals surface area (Å²) in [4.78, 5) is 15.2. The number of hydrogen-bond donors (Lipinski definition) is 1. The lowest BCUT2D eigenvalue weighted by molar-refractivity contribution is -0.116. The molecule has 0 aliphatic heterocycles. The van der Waals surface area contributed by atoms with Crippen molar-refractivity contribution in [3.05, 3.63) is 42.0 Å². The van der Waals surface area contributed by atoms with Crippen LogP contribution in [0.2, 0.25) is 0 Å². The van der Waals surface area contributed by atoms with Crippen LogP contribution in [0.25, 0.3) is 0 Å². The van der Waals surface area contributed by atoms with E-state index in [1.54, 1.807) is 6.07 Å². The number of nitriles is 1. The maximum atomic E-state index is 12.9. The van der Waals surface area contributed by atoms with Crippen LogP contribution in [0, 0.1) is 23.0 Å². The predicted molar refractivity (Wildman–Crippen MR) is 59.7 cm³/mol. The summed E-state index contributed by atoms with van der Waals surface area (Å²) in [7, 11) is 0. The molecule has 0 unspecified atom stereocenters. The molecule has 0 atom stereocenters. The quantitative estimate of drug-likeness (QED) is 0.897. The summed E-state index contributed by atoms with van der Waals surface area (Å²) >= 11 is 0. The van der Waals surface area contributed by atoms with Gasteiger partial charge in [-0.2, -0.15) is 5.26 Å². The molecule has 0 aliphatic rings. The molecule has 0 aliphatic carbocycles. The predicted octanol–water partition coefficient (Wildman–Crippen LogP) is 1.07. The average molecular weight is 263 g/mol. The number of rotatable bonds is 3. The third kappa shape index (κ3) is 3.32. The molecular formula is C11H7F2N5O. The molecule has 1 aromatic heterocycles. The highest BCUT2D eigenvalue weighted by molar-refractivity contribution is 5.90. The first-order valence-electron chi connectivity index (χ1n) is 5.12. The molecule has 1 heterocycles. The van der Waals surface area contributed by atoms with E-state index >= 15 is 0 Å². The van der Waals surface area contributed by atoms with E-state index in [4.69, 9.17) is 5.26 Å². The van der Waals surface area contributed by atoms with Gasteiger partial charge in [0.1, 0.15) is 30.6 Å². The van der Waals surface area contributed by atoms with Gasteiger partial charge in [-0.3, -0.25) is 4.79 Å². The minimum absolute atomic E-state index is 0.00289. The van der Waals surface area contributed by atoms with Crippen molar-refractivity contribution in [1.29, 1.82) is 5.26 Å². The topological polar surface area (TPSA) is 83.6 Å². The van der Waals surface area contributed by atoms with Crippen molar-refractivity contribution < 1.29 is 13.6 Å². The number of carbonyl (C=O) groups excluding carboxylic acids is 1. The summed E-state index contributed by atoms with van der Waals surface area (Å²) in [6, 6.07) is 4.39. The second-order valence-corrected chi connectivity index (χ2v) is 3.58. The Bertz CT molecular complexity index is 641. The molecule has 0 saturated carbocycles. The highest BCUT2D eigenvalue weighted by Gasteiger charge is 2.08. The van der Waals surface area contributed by atoms with Gasteiger partial charge in [-0.15, -0.1) is 5.10 Å². The Kier molecular flexibility index (Phi) is 3.47. The standard InChI is InChI=1S/C11H7F2N5O/c12-7-1-8(13)3-9(2-7)16-11(19)5-18-6-15-10(4-14)17-18/h1-3,6H,5H2,(H,16,19). The molecule has 19 heavy (non-hydrogen) atoms. The highest BCUT2D eigenvalue weighted by Crippen LogP contribution is 2.12. The van der Waals surface area contributed by atoms with E-state index in [9.17, 15) is 13.6 Å². The zero-order valence-electron chi connectivity index (χ0n) is 9.47. The van der Waals surface area contributed by atoms with Crippen molar-refractivity contribution >= 4 is 11.6 Å². The SMILES string of the molecule is N#Cc1ncn(CC(=O)Nc2cc(F)cc(F)c2)n1. The summed E-state index contributed by atoms with van der Waals surface area (Å²) in [5, 5.41) is 14.5. The number of nitrogens with zero attached hydrogens (tertiary/aromatic N) is 4. The largest absolute Gasteiger partial charge is 0.324 e. The fraction of sp³-hybridized carbons (Fsp3) is 0.0909. The molecule has 1 aromatic carbocycles. The molecule has 0 bridgehead atoms. The van der Waals surface area contributed by atoms with E-state index < -0.39 is 17.5 Å². The van der Waals surface area contributed by atoms with Crippen molar-refractivity contribution in [2.75, 3.05) is 5.32 Å². The van der Waals surface area contributed by atoms with Gasteiger partial charge in [0.05, 0.1) is 0 Å². The first kappa shape index (κ1) is 12.6. The van der Waals surface area contributed by atoms with Crippen molar-refractivity contribution in [3.63, 3.8) is 0 Å². The first-order valence-corrected chi connectivity index (χ1v) is 5.12. The van der Waals surface area contributed by atoms with Crippen LogP contribution < -0.4 is 5.32 Å². The molecule has 8 heteroatoms. The number of carbonyl (C=O) groups is 1. The van der Waals surface area contributed by atoms with Crippen LogP contribution in [0.15, 0.2) is 24.5 Å². The van der Waals surface area contributed by atoms with Crippen LogP contribution in [-0.2, 0) is 11.3 Å². The highest BCUT2D eigenvalue weighted by atomic mass is 19.1. The van der Waals surface area contributed by atoms with Crippen LogP contribution >= 0.6 is 0 Å². The van der Waals surface area contributed by atoms with Crippen LogP contribution in [0.1, 0.15) is 5.82 Å². The molecule has 96 valence electrons. The molecular weight excluding hydrogens is 256 g/mol. The molecule has 6 nitrogen and oxygen atoms in total. The number of hydrogen-bond acceptors (Lipinski definition) is 4. The Hall–Kier alpha value is -2.82. The van der Waals surface area contributed by atoms with E-state index in [1.165, 1.54) is 6.33 Å². The zero-order valence-corrected chi connectivity index (χ0v) is 9.47. The number of benzene rings is 1. The lowest BCUT2D eigenvalue weighted by atomic mass is 10.3. The Morgan fingerprint density at radius 1 is 1.37 bits per heavy atom. The summed E-state index contributed by atoms with van der Waals surface area (Å²) in [5.74, 6) is -2.19. The van der Waals surface area contributed by atoms with Crippen molar-refractivity contribution in [1.82, 2.24) is 14.8 Å². The van der Waals surface area contributed by atoms with Gasteiger partial charge in [0.25, 0.3) is 5.82 Å². The molecule has 1 amide bonds. The summed E-state index contributed by atoms with van der Waals surface area (Å²) in [6.07, 6.45) is 1.21. The molecule has 0 spiro atoms. The molecule has 0 radical (unpaired) electrons. The minimum atomic E-state index is -0.789. The lowest BCUT2D eigenvalue weighted by Gasteiger charge is -2.05. The summed E-state index contributed by atoms with van der Waals surface area (Å²) in [5.41, 5.74) is 0.00289. The van der Waals surface area contributed by atoms with Crippen LogP contribution in [0.4, 0.5) is 14.5 Å². The molecule has 0 fully saturated rings. The van der Waals surface area contributed by atoms with Crippen molar-refractivity contribution in [2.45, 2.75) is 6.54 Å². The van der Waals surface area contributed by atoms with Gasteiger partial charge < -0.3 is 5.32 Å². The van der Waals surface area contributed by atoms with E-state index in [2.05, 4.69) is 15.4 Å².